The zero-order chi connectivity index (χ0) is 24.2. The molecule has 0 aliphatic rings. The predicted molar refractivity (Wildman–Crippen MR) is 128 cm³/mol. The number of ether oxygens (including phenoxy) is 4. The lowest BCUT2D eigenvalue weighted by molar-refractivity contribution is -0.117. The van der Waals surface area contributed by atoms with E-state index in [2.05, 4.69) is 19.2 Å². The van der Waals surface area contributed by atoms with Crippen molar-refractivity contribution in [3.63, 3.8) is 0 Å². The van der Waals surface area contributed by atoms with Gasteiger partial charge in [-0.3, -0.25) is 4.79 Å². The number of rotatable bonds is 12. The van der Waals surface area contributed by atoms with E-state index in [9.17, 15) is 10.1 Å². The van der Waals surface area contributed by atoms with Gasteiger partial charge in [-0.2, -0.15) is 5.26 Å². The molecule has 0 heterocycles. The van der Waals surface area contributed by atoms with Crippen LogP contribution in [0, 0.1) is 17.2 Å². The summed E-state index contributed by atoms with van der Waals surface area (Å²) in [6.45, 7) is 5.24. The molecule has 0 aliphatic heterocycles. The highest BCUT2D eigenvalue weighted by atomic mass is 16.5. The summed E-state index contributed by atoms with van der Waals surface area (Å²) in [6.07, 6.45) is 3.06. The first-order chi connectivity index (χ1) is 15.9. The molecule has 0 unspecified atom stereocenters. The second-order valence-corrected chi connectivity index (χ2v) is 7.81. The monoisotopic (exact) mass is 452 g/mol. The van der Waals surface area contributed by atoms with Crippen molar-refractivity contribution >= 4 is 12.0 Å². The third-order valence-corrected chi connectivity index (χ3v) is 4.96. The van der Waals surface area contributed by atoms with E-state index in [1.54, 1.807) is 39.5 Å². The fourth-order valence-electron chi connectivity index (χ4n) is 3.06. The highest BCUT2D eigenvalue weighted by Gasteiger charge is 2.11. The van der Waals surface area contributed by atoms with Crippen LogP contribution >= 0.6 is 0 Å². The van der Waals surface area contributed by atoms with Gasteiger partial charge in [0.2, 0.25) is 0 Å². The molecular weight excluding hydrogens is 420 g/mol. The van der Waals surface area contributed by atoms with Gasteiger partial charge in [0, 0.05) is 6.54 Å². The van der Waals surface area contributed by atoms with Gasteiger partial charge in [-0.1, -0.05) is 26.0 Å². The van der Waals surface area contributed by atoms with Crippen molar-refractivity contribution in [1.29, 1.82) is 5.26 Å². The van der Waals surface area contributed by atoms with Crippen molar-refractivity contribution < 1.29 is 23.7 Å². The quantitative estimate of drug-likeness (QED) is 0.379. The second kappa shape index (κ2) is 13.0. The number of nitrogens with one attached hydrogen (secondary N) is 1. The van der Waals surface area contributed by atoms with Crippen molar-refractivity contribution in [1.82, 2.24) is 5.32 Å². The van der Waals surface area contributed by atoms with Gasteiger partial charge in [-0.05, 0) is 60.2 Å². The van der Waals surface area contributed by atoms with E-state index >= 15 is 0 Å². The number of carbonyl (C=O) groups is 1. The fourth-order valence-corrected chi connectivity index (χ4v) is 3.06. The molecule has 2 aromatic carbocycles. The Morgan fingerprint density at radius 2 is 1.67 bits per heavy atom. The molecule has 0 aromatic heterocycles. The maximum Gasteiger partial charge on any atom is 0.261 e. The van der Waals surface area contributed by atoms with Gasteiger partial charge in [-0.25, -0.2) is 0 Å². The van der Waals surface area contributed by atoms with Gasteiger partial charge in [0.05, 0.1) is 27.9 Å². The number of hydrogen-bond acceptors (Lipinski definition) is 6. The first-order valence-corrected chi connectivity index (χ1v) is 10.8. The van der Waals surface area contributed by atoms with E-state index in [1.165, 1.54) is 6.08 Å². The smallest absolute Gasteiger partial charge is 0.261 e. The number of carbonyl (C=O) groups excluding carboxylic acids is 1. The number of nitrogens with zero attached hydrogens (tertiary/aromatic N) is 1. The molecule has 2 aromatic rings. The maximum atomic E-state index is 12.5. The molecule has 0 aliphatic carbocycles. The number of amides is 1. The largest absolute Gasteiger partial charge is 0.493 e. The Labute approximate surface area is 195 Å². The van der Waals surface area contributed by atoms with Gasteiger partial charge in [-0.15, -0.1) is 0 Å². The Morgan fingerprint density at radius 3 is 2.30 bits per heavy atom. The highest BCUT2D eigenvalue weighted by molar-refractivity contribution is 6.01. The van der Waals surface area contributed by atoms with Gasteiger partial charge in [0.15, 0.2) is 23.0 Å². The number of benzene rings is 2. The summed E-state index contributed by atoms with van der Waals surface area (Å²) in [5.41, 5.74) is 1.67. The van der Waals surface area contributed by atoms with Crippen molar-refractivity contribution in [2.24, 2.45) is 5.92 Å². The van der Waals surface area contributed by atoms with Crippen LogP contribution in [0.2, 0.25) is 0 Å². The predicted octanol–water partition coefficient (Wildman–Crippen LogP) is 4.40. The SMILES string of the molecule is COc1ccc(CCNC(=O)/C(C#N)=C/c2ccc(OCCC(C)C)c(OC)c2)cc1OC. The molecule has 2 rings (SSSR count). The summed E-state index contributed by atoms with van der Waals surface area (Å²) in [6, 6.07) is 12.9. The lowest BCUT2D eigenvalue weighted by Gasteiger charge is -2.12. The molecule has 1 amide bonds. The Morgan fingerprint density at radius 1 is 1.00 bits per heavy atom. The number of hydrogen-bond donors (Lipinski definition) is 1. The van der Waals surface area contributed by atoms with E-state index in [0.29, 0.717) is 54.1 Å². The Hall–Kier alpha value is -3.66. The molecule has 0 saturated carbocycles. The fraction of sp³-hybridized carbons (Fsp3) is 0.385. The van der Waals surface area contributed by atoms with Crippen LogP contribution in [0.25, 0.3) is 6.08 Å². The summed E-state index contributed by atoms with van der Waals surface area (Å²) in [4.78, 5) is 12.5. The maximum absolute atomic E-state index is 12.5. The molecule has 0 bridgehead atoms. The number of methoxy groups -OCH3 is 3. The van der Waals surface area contributed by atoms with Crippen LogP contribution in [0.15, 0.2) is 42.0 Å². The van der Waals surface area contributed by atoms with Crippen LogP contribution in [0.1, 0.15) is 31.4 Å². The van der Waals surface area contributed by atoms with Crippen molar-refractivity contribution in [2.45, 2.75) is 26.7 Å². The Kier molecular flexibility index (Phi) is 10.1. The van der Waals surface area contributed by atoms with Crippen molar-refractivity contribution in [3.05, 3.63) is 53.1 Å². The molecule has 0 saturated heterocycles. The Balaban J connectivity index is 2.01. The molecular formula is C26H32N2O5. The van der Waals surface area contributed by atoms with Crippen molar-refractivity contribution in [3.8, 4) is 29.1 Å². The molecule has 0 spiro atoms. The summed E-state index contributed by atoms with van der Waals surface area (Å²) >= 11 is 0. The molecule has 7 heteroatoms. The highest BCUT2D eigenvalue weighted by Crippen LogP contribution is 2.29. The minimum atomic E-state index is -0.436. The standard InChI is InChI=1S/C26H32N2O5/c1-18(2)11-13-33-23-9-7-20(16-25(23)32-5)14-21(17-27)26(29)28-12-10-19-6-8-22(30-3)24(15-19)31-4/h6-9,14-16,18H,10-13H2,1-5H3,(H,28,29)/b21-14+. The zero-order valence-electron chi connectivity index (χ0n) is 19.9. The third-order valence-electron chi connectivity index (χ3n) is 4.96. The van der Waals surface area contributed by atoms with E-state index in [1.807, 2.05) is 24.3 Å². The lowest BCUT2D eigenvalue weighted by Crippen LogP contribution is -2.26. The molecule has 176 valence electrons. The van der Waals surface area contributed by atoms with E-state index in [0.717, 1.165) is 12.0 Å². The van der Waals surface area contributed by atoms with Crippen LogP contribution in [-0.2, 0) is 11.2 Å². The molecule has 0 fully saturated rings. The first kappa shape index (κ1) is 25.6. The van der Waals surface area contributed by atoms with Gasteiger partial charge >= 0.3 is 0 Å². The summed E-state index contributed by atoms with van der Waals surface area (Å²) in [5, 5.41) is 12.3. The molecule has 1 N–H and O–H groups in total. The molecule has 0 atom stereocenters. The van der Waals surface area contributed by atoms with Crippen molar-refractivity contribution in [2.75, 3.05) is 34.5 Å². The molecule has 7 nitrogen and oxygen atoms in total. The normalized spacial score (nSPS) is 11.0. The van der Waals surface area contributed by atoms with Crippen LogP contribution < -0.4 is 24.3 Å². The first-order valence-electron chi connectivity index (χ1n) is 10.8. The second-order valence-electron chi connectivity index (χ2n) is 7.81. The summed E-state index contributed by atoms with van der Waals surface area (Å²) in [7, 11) is 4.72. The third kappa shape index (κ3) is 7.76. The van der Waals surface area contributed by atoms with E-state index < -0.39 is 5.91 Å². The van der Waals surface area contributed by atoms with Crippen LogP contribution in [-0.4, -0.2) is 40.4 Å². The Bertz CT molecular complexity index is 1010. The van der Waals surface area contributed by atoms with Gasteiger partial charge < -0.3 is 24.3 Å². The van der Waals surface area contributed by atoms with E-state index in [4.69, 9.17) is 18.9 Å². The topological polar surface area (TPSA) is 89.8 Å². The average Bonchev–Trinajstić information content (AvgIpc) is 2.82. The minimum Gasteiger partial charge on any atom is -0.493 e. The molecule has 0 radical (unpaired) electrons. The van der Waals surface area contributed by atoms with Crippen LogP contribution in [0.3, 0.4) is 0 Å². The van der Waals surface area contributed by atoms with Crippen LogP contribution in [0.5, 0.6) is 23.0 Å². The summed E-state index contributed by atoms with van der Waals surface area (Å²) in [5.74, 6) is 2.57. The minimum absolute atomic E-state index is 0.0119. The van der Waals surface area contributed by atoms with E-state index in [-0.39, 0.29) is 5.57 Å². The molecule has 33 heavy (non-hydrogen) atoms. The zero-order valence-corrected chi connectivity index (χ0v) is 19.9. The van der Waals surface area contributed by atoms with Crippen LogP contribution in [0.4, 0.5) is 0 Å². The lowest BCUT2D eigenvalue weighted by atomic mass is 10.1. The summed E-state index contributed by atoms with van der Waals surface area (Å²) < 4.78 is 21.7. The number of nitriles is 1. The average molecular weight is 453 g/mol. The van der Waals surface area contributed by atoms with Gasteiger partial charge in [0.1, 0.15) is 11.6 Å². The van der Waals surface area contributed by atoms with Gasteiger partial charge in [0.25, 0.3) is 5.91 Å².